The first-order valence-electron chi connectivity index (χ1n) is 9.02. The maximum atomic E-state index is 12.5. The van der Waals surface area contributed by atoms with Crippen molar-refractivity contribution < 1.29 is 14.4 Å². The van der Waals surface area contributed by atoms with Crippen LogP contribution < -0.4 is 16.0 Å². The predicted molar refractivity (Wildman–Crippen MR) is 107 cm³/mol. The third-order valence-corrected chi connectivity index (χ3v) is 4.42. The topological polar surface area (TPSA) is 108 Å². The van der Waals surface area contributed by atoms with E-state index in [0.717, 1.165) is 10.9 Å². The third kappa shape index (κ3) is 4.40. The Bertz CT molecular complexity index is 985. The van der Waals surface area contributed by atoms with Crippen molar-refractivity contribution in [3.8, 4) is 0 Å². The van der Waals surface area contributed by atoms with Crippen LogP contribution in [-0.2, 0) is 11.8 Å². The summed E-state index contributed by atoms with van der Waals surface area (Å²) in [6, 6.07) is 11.0. The van der Waals surface area contributed by atoms with E-state index in [-0.39, 0.29) is 17.7 Å². The van der Waals surface area contributed by atoms with Gasteiger partial charge in [0.2, 0.25) is 5.91 Å². The van der Waals surface area contributed by atoms with Gasteiger partial charge < -0.3 is 25.5 Å². The first-order valence-corrected chi connectivity index (χ1v) is 9.02. The molecule has 2 aromatic heterocycles. The van der Waals surface area contributed by atoms with Gasteiger partial charge in [-0.25, -0.2) is 0 Å². The molecule has 0 aliphatic carbocycles. The molecule has 28 heavy (non-hydrogen) atoms. The van der Waals surface area contributed by atoms with Crippen molar-refractivity contribution in [3.63, 3.8) is 0 Å². The molecule has 0 atom stereocenters. The number of nitrogens with zero attached hydrogens (tertiary/aromatic N) is 1. The van der Waals surface area contributed by atoms with Gasteiger partial charge in [-0.2, -0.15) is 0 Å². The number of hydrogen-bond acceptors (Lipinski definition) is 3. The van der Waals surface area contributed by atoms with Gasteiger partial charge in [-0.05, 0) is 24.6 Å². The fourth-order valence-electron chi connectivity index (χ4n) is 2.92. The first kappa shape index (κ1) is 19.2. The average Bonchev–Trinajstić information content (AvgIpc) is 3.28. The summed E-state index contributed by atoms with van der Waals surface area (Å²) in [6.07, 6.45) is 2.59. The molecular formula is C20H23N5O3. The minimum Gasteiger partial charge on any atom is -0.359 e. The summed E-state index contributed by atoms with van der Waals surface area (Å²) >= 11 is 0. The van der Waals surface area contributed by atoms with Crippen LogP contribution in [0.5, 0.6) is 0 Å². The largest absolute Gasteiger partial charge is 0.359 e. The van der Waals surface area contributed by atoms with Gasteiger partial charge in [-0.1, -0.05) is 18.2 Å². The Morgan fingerprint density at radius 2 is 1.89 bits per heavy atom. The lowest BCUT2D eigenvalue weighted by Crippen LogP contribution is -2.27. The Morgan fingerprint density at radius 1 is 1.11 bits per heavy atom. The van der Waals surface area contributed by atoms with Crippen molar-refractivity contribution >= 4 is 34.3 Å². The number of aromatic nitrogens is 2. The molecule has 0 bridgehead atoms. The van der Waals surface area contributed by atoms with Crippen LogP contribution in [0.15, 0.2) is 42.6 Å². The van der Waals surface area contributed by atoms with E-state index in [1.807, 2.05) is 24.3 Å². The van der Waals surface area contributed by atoms with Gasteiger partial charge in [0.25, 0.3) is 11.8 Å². The number of rotatable bonds is 7. The lowest BCUT2D eigenvalue weighted by Gasteiger charge is -2.05. The van der Waals surface area contributed by atoms with E-state index < -0.39 is 0 Å². The molecule has 1 aromatic carbocycles. The molecular weight excluding hydrogens is 358 g/mol. The zero-order valence-corrected chi connectivity index (χ0v) is 15.8. The van der Waals surface area contributed by atoms with Gasteiger partial charge in [-0.3, -0.25) is 14.4 Å². The van der Waals surface area contributed by atoms with Crippen LogP contribution in [0, 0.1) is 0 Å². The third-order valence-electron chi connectivity index (χ3n) is 4.42. The standard InChI is InChI=1S/C20H23N5O3/c1-21-18(26)8-5-9-22-20(28)17-11-14(12-25(17)2)23-19(27)16-10-13-6-3-4-7-15(13)24-16/h3-4,6-7,10-12,24H,5,8-9H2,1-2H3,(H,21,26)(H,22,28)(H,23,27). The summed E-state index contributed by atoms with van der Waals surface area (Å²) in [6.45, 7) is 0.397. The van der Waals surface area contributed by atoms with Crippen LogP contribution >= 0.6 is 0 Å². The Kier molecular flexibility index (Phi) is 5.78. The smallest absolute Gasteiger partial charge is 0.272 e. The maximum absolute atomic E-state index is 12.5. The number of carbonyl (C=O) groups excluding carboxylic acids is 3. The number of fused-ring (bicyclic) bond motifs is 1. The number of aromatic amines is 1. The van der Waals surface area contributed by atoms with Crippen LogP contribution in [0.25, 0.3) is 10.9 Å². The molecule has 3 aromatic rings. The number of benzene rings is 1. The number of carbonyl (C=O) groups is 3. The number of aryl methyl sites for hydroxylation is 1. The molecule has 0 unspecified atom stereocenters. The second kappa shape index (κ2) is 8.43. The SMILES string of the molecule is CNC(=O)CCCNC(=O)c1cc(NC(=O)c2cc3ccccc3[nH]2)cn1C. The van der Waals surface area contributed by atoms with Crippen molar-refractivity contribution in [1.29, 1.82) is 0 Å². The molecule has 0 radical (unpaired) electrons. The summed E-state index contributed by atoms with van der Waals surface area (Å²) < 4.78 is 1.65. The minimum absolute atomic E-state index is 0.0601. The molecule has 3 rings (SSSR count). The number of nitrogens with one attached hydrogen (secondary N) is 4. The summed E-state index contributed by atoms with van der Waals surface area (Å²) in [4.78, 5) is 39.1. The molecule has 0 saturated carbocycles. The van der Waals surface area contributed by atoms with Gasteiger partial charge in [0, 0.05) is 44.2 Å². The second-order valence-electron chi connectivity index (χ2n) is 6.48. The molecule has 0 fully saturated rings. The summed E-state index contributed by atoms with van der Waals surface area (Å²) in [5.41, 5.74) is 2.29. The van der Waals surface area contributed by atoms with Gasteiger partial charge >= 0.3 is 0 Å². The van der Waals surface area contributed by atoms with E-state index in [1.54, 1.807) is 37.0 Å². The molecule has 0 aliphatic rings. The van der Waals surface area contributed by atoms with Gasteiger partial charge in [0.1, 0.15) is 11.4 Å². The molecule has 146 valence electrons. The van der Waals surface area contributed by atoms with Crippen molar-refractivity contribution in [2.24, 2.45) is 7.05 Å². The fourth-order valence-corrected chi connectivity index (χ4v) is 2.92. The molecule has 0 spiro atoms. The molecule has 8 nitrogen and oxygen atoms in total. The van der Waals surface area contributed by atoms with Crippen LogP contribution in [0.2, 0.25) is 0 Å². The molecule has 4 N–H and O–H groups in total. The predicted octanol–water partition coefficient (Wildman–Crippen LogP) is 2.01. The monoisotopic (exact) mass is 381 g/mol. The highest BCUT2D eigenvalue weighted by atomic mass is 16.2. The van der Waals surface area contributed by atoms with Gasteiger partial charge in [-0.15, -0.1) is 0 Å². The zero-order chi connectivity index (χ0) is 20.1. The van der Waals surface area contributed by atoms with E-state index in [1.165, 1.54) is 0 Å². The number of H-pyrrole nitrogens is 1. The Morgan fingerprint density at radius 3 is 2.64 bits per heavy atom. The molecule has 8 heteroatoms. The average molecular weight is 381 g/mol. The highest BCUT2D eigenvalue weighted by Gasteiger charge is 2.15. The van der Waals surface area contributed by atoms with Crippen LogP contribution in [0.3, 0.4) is 0 Å². The van der Waals surface area contributed by atoms with E-state index in [2.05, 4.69) is 20.9 Å². The lowest BCUT2D eigenvalue weighted by molar-refractivity contribution is -0.120. The Balaban J connectivity index is 1.60. The fraction of sp³-hybridized carbons (Fsp3) is 0.250. The van der Waals surface area contributed by atoms with E-state index in [9.17, 15) is 14.4 Å². The maximum Gasteiger partial charge on any atom is 0.272 e. The molecule has 0 aliphatic heterocycles. The van der Waals surface area contributed by atoms with Crippen LogP contribution in [-0.4, -0.2) is 40.9 Å². The molecule has 2 heterocycles. The van der Waals surface area contributed by atoms with Gasteiger partial charge in [0.15, 0.2) is 0 Å². The molecule has 0 saturated heterocycles. The normalized spacial score (nSPS) is 10.6. The summed E-state index contributed by atoms with van der Waals surface area (Å²) in [7, 11) is 3.31. The molecule has 3 amide bonds. The lowest BCUT2D eigenvalue weighted by atomic mass is 10.2. The Labute approximate surface area is 162 Å². The summed E-state index contributed by atoms with van der Waals surface area (Å²) in [5, 5.41) is 9.07. The van der Waals surface area contributed by atoms with Crippen LogP contribution in [0.4, 0.5) is 5.69 Å². The number of hydrogen-bond donors (Lipinski definition) is 4. The van der Waals surface area contributed by atoms with Crippen LogP contribution in [0.1, 0.15) is 33.8 Å². The van der Waals surface area contributed by atoms with Crippen molar-refractivity contribution in [3.05, 3.63) is 54.0 Å². The van der Waals surface area contributed by atoms with E-state index >= 15 is 0 Å². The number of amides is 3. The highest BCUT2D eigenvalue weighted by molar-refractivity contribution is 6.06. The quantitative estimate of drug-likeness (QED) is 0.470. The van der Waals surface area contributed by atoms with Gasteiger partial charge in [0.05, 0.1) is 5.69 Å². The van der Waals surface area contributed by atoms with E-state index in [0.29, 0.717) is 36.5 Å². The highest BCUT2D eigenvalue weighted by Crippen LogP contribution is 2.17. The Hall–Kier alpha value is -3.55. The second-order valence-corrected chi connectivity index (χ2v) is 6.48. The van der Waals surface area contributed by atoms with E-state index in [4.69, 9.17) is 0 Å². The zero-order valence-electron chi connectivity index (χ0n) is 15.8. The summed E-state index contributed by atoms with van der Waals surface area (Å²) in [5.74, 6) is -0.597. The van der Waals surface area contributed by atoms with Crippen molar-refractivity contribution in [2.75, 3.05) is 18.9 Å². The van der Waals surface area contributed by atoms with Crippen molar-refractivity contribution in [2.45, 2.75) is 12.8 Å². The number of para-hydroxylation sites is 1. The van der Waals surface area contributed by atoms with Crippen molar-refractivity contribution in [1.82, 2.24) is 20.2 Å². The minimum atomic E-state index is -0.278. The first-order chi connectivity index (χ1) is 13.5. The number of anilines is 1.